The van der Waals surface area contributed by atoms with Gasteiger partial charge in [-0.05, 0) is 37.1 Å². The Morgan fingerprint density at radius 1 is 1.14 bits per heavy atom. The predicted molar refractivity (Wildman–Crippen MR) is 76.6 cm³/mol. The number of rotatable bonds is 4. The molecule has 7 heteroatoms. The highest BCUT2D eigenvalue weighted by atomic mass is 32.2. The molecule has 0 aromatic heterocycles. The number of hydrogen-bond acceptors (Lipinski definition) is 4. The van der Waals surface area contributed by atoms with Crippen LogP contribution in [0, 0.1) is 11.8 Å². The van der Waals surface area contributed by atoms with Gasteiger partial charge in [0.05, 0.1) is 16.7 Å². The van der Waals surface area contributed by atoms with Crippen molar-refractivity contribution in [1.82, 2.24) is 0 Å². The summed E-state index contributed by atoms with van der Waals surface area (Å²) in [6, 6.07) is 5.82. The highest BCUT2D eigenvalue weighted by molar-refractivity contribution is 7.90. The van der Waals surface area contributed by atoms with E-state index in [4.69, 9.17) is 5.11 Å². The van der Waals surface area contributed by atoms with Gasteiger partial charge in [0.15, 0.2) is 9.84 Å². The van der Waals surface area contributed by atoms with Gasteiger partial charge in [-0.25, -0.2) is 8.42 Å². The van der Waals surface area contributed by atoms with Crippen LogP contribution in [-0.4, -0.2) is 31.7 Å². The minimum atomic E-state index is -3.27. The lowest BCUT2D eigenvalue weighted by Crippen LogP contribution is -2.29. The van der Waals surface area contributed by atoms with Crippen LogP contribution >= 0.6 is 0 Å². The highest BCUT2D eigenvalue weighted by Crippen LogP contribution is 2.32. The molecule has 114 valence electrons. The Bertz CT molecular complexity index is 650. The van der Waals surface area contributed by atoms with Crippen LogP contribution in [0.25, 0.3) is 0 Å². The van der Waals surface area contributed by atoms with Crippen molar-refractivity contribution < 1.29 is 23.1 Å². The molecule has 0 heterocycles. The first-order chi connectivity index (χ1) is 9.79. The summed E-state index contributed by atoms with van der Waals surface area (Å²) in [6.07, 6.45) is 2.91. The SMILES string of the molecule is CS(=O)(=O)c1ccc(NC(=O)C2CCCC2C(=O)O)cc1. The van der Waals surface area contributed by atoms with Gasteiger partial charge < -0.3 is 10.4 Å². The lowest BCUT2D eigenvalue weighted by atomic mass is 9.95. The van der Waals surface area contributed by atoms with Gasteiger partial charge in [-0.1, -0.05) is 6.42 Å². The number of benzene rings is 1. The average Bonchev–Trinajstić information content (AvgIpc) is 2.87. The minimum absolute atomic E-state index is 0.171. The molecule has 1 amide bonds. The van der Waals surface area contributed by atoms with Crippen molar-refractivity contribution in [2.24, 2.45) is 11.8 Å². The van der Waals surface area contributed by atoms with E-state index in [0.29, 0.717) is 18.5 Å². The third kappa shape index (κ3) is 3.60. The Hall–Kier alpha value is -1.89. The molecule has 1 aromatic carbocycles. The number of aliphatic carboxylic acids is 1. The summed E-state index contributed by atoms with van der Waals surface area (Å²) >= 11 is 0. The van der Waals surface area contributed by atoms with Gasteiger partial charge in [-0.15, -0.1) is 0 Å². The van der Waals surface area contributed by atoms with E-state index < -0.39 is 27.6 Å². The largest absolute Gasteiger partial charge is 0.481 e. The second-order valence-electron chi connectivity index (χ2n) is 5.27. The van der Waals surface area contributed by atoms with Crippen LogP contribution in [-0.2, 0) is 19.4 Å². The molecule has 1 aliphatic rings. The van der Waals surface area contributed by atoms with Crippen molar-refractivity contribution in [3.63, 3.8) is 0 Å². The lowest BCUT2D eigenvalue weighted by molar-refractivity contribution is -0.145. The molecule has 2 atom stereocenters. The van der Waals surface area contributed by atoms with Crippen molar-refractivity contribution in [3.05, 3.63) is 24.3 Å². The Kier molecular flexibility index (Phi) is 4.32. The summed E-state index contributed by atoms with van der Waals surface area (Å²) < 4.78 is 22.7. The van der Waals surface area contributed by atoms with Crippen LogP contribution in [0.4, 0.5) is 5.69 Å². The van der Waals surface area contributed by atoms with Gasteiger partial charge >= 0.3 is 5.97 Å². The van der Waals surface area contributed by atoms with E-state index in [1.54, 1.807) is 0 Å². The minimum Gasteiger partial charge on any atom is -0.481 e. The predicted octanol–water partition coefficient (Wildman–Crippen LogP) is 1.53. The Morgan fingerprint density at radius 2 is 1.71 bits per heavy atom. The van der Waals surface area contributed by atoms with Crippen molar-refractivity contribution in [2.45, 2.75) is 24.2 Å². The fraction of sp³-hybridized carbons (Fsp3) is 0.429. The number of carboxylic acid groups (broad SMARTS) is 1. The fourth-order valence-electron chi connectivity index (χ4n) is 2.59. The van der Waals surface area contributed by atoms with Gasteiger partial charge in [0.25, 0.3) is 0 Å². The van der Waals surface area contributed by atoms with Gasteiger partial charge in [0.1, 0.15) is 0 Å². The Labute approximate surface area is 123 Å². The molecule has 2 N–H and O–H groups in total. The molecule has 0 saturated heterocycles. The lowest BCUT2D eigenvalue weighted by Gasteiger charge is -2.15. The van der Waals surface area contributed by atoms with E-state index in [2.05, 4.69) is 5.32 Å². The zero-order valence-electron chi connectivity index (χ0n) is 11.6. The van der Waals surface area contributed by atoms with Crippen molar-refractivity contribution in [3.8, 4) is 0 Å². The van der Waals surface area contributed by atoms with E-state index in [1.807, 2.05) is 0 Å². The summed E-state index contributed by atoms with van der Waals surface area (Å²) in [5.74, 6) is -2.44. The summed E-state index contributed by atoms with van der Waals surface area (Å²) in [7, 11) is -3.27. The smallest absolute Gasteiger partial charge is 0.307 e. The molecule has 2 rings (SSSR count). The van der Waals surface area contributed by atoms with Crippen LogP contribution in [0.2, 0.25) is 0 Å². The number of sulfone groups is 1. The number of amides is 1. The third-order valence-electron chi connectivity index (χ3n) is 3.72. The molecule has 2 unspecified atom stereocenters. The first-order valence-corrected chi connectivity index (χ1v) is 8.52. The summed E-state index contributed by atoms with van der Waals surface area (Å²) in [5, 5.41) is 11.7. The van der Waals surface area contributed by atoms with E-state index in [-0.39, 0.29) is 10.8 Å². The van der Waals surface area contributed by atoms with Crippen LogP contribution in [0.5, 0.6) is 0 Å². The zero-order chi connectivity index (χ0) is 15.6. The Balaban J connectivity index is 2.08. The number of hydrogen-bond donors (Lipinski definition) is 2. The summed E-state index contributed by atoms with van der Waals surface area (Å²) in [6.45, 7) is 0. The quantitative estimate of drug-likeness (QED) is 0.878. The molecule has 0 radical (unpaired) electrons. The standard InChI is InChI=1S/C14H17NO5S/c1-21(19,20)10-7-5-9(6-8-10)15-13(16)11-3-2-4-12(11)14(17)18/h5-8,11-12H,2-4H2,1H3,(H,15,16)(H,17,18). The first-order valence-electron chi connectivity index (χ1n) is 6.63. The fourth-order valence-corrected chi connectivity index (χ4v) is 3.22. The van der Waals surface area contributed by atoms with Gasteiger partial charge in [0, 0.05) is 11.9 Å². The first kappa shape index (κ1) is 15.5. The molecule has 1 fully saturated rings. The van der Waals surface area contributed by atoms with Gasteiger partial charge in [-0.2, -0.15) is 0 Å². The van der Waals surface area contributed by atoms with Gasteiger partial charge in [0.2, 0.25) is 5.91 Å². The topological polar surface area (TPSA) is 101 Å². The maximum absolute atomic E-state index is 12.1. The molecule has 0 aliphatic heterocycles. The molecular formula is C14H17NO5S. The normalized spacial score (nSPS) is 22.0. The zero-order valence-corrected chi connectivity index (χ0v) is 12.4. The average molecular weight is 311 g/mol. The Morgan fingerprint density at radius 3 is 2.24 bits per heavy atom. The monoisotopic (exact) mass is 311 g/mol. The molecule has 1 saturated carbocycles. The van der Waals surface area contributed by atoms with Crippen LogP contribution in [0.3, 0.4) is 0 Å². The van der Waals surface area contributed by atoms with E-state index in [1.165, 1.54) is 24.3 Å². The third-order valence-corrected chi connectivity index (χ3v) is 4.85. The summed E-state index contributed by atoms with van der Waals surface area (Å²) in [4.78, 5) is 23.4. The molecule has 1 aliphatic carbocycles. The number of carboxylic acids is 1. The number of carbonyl (C=O) groups is 2. The van der Waals surface area contributed by atoms with Crippen LogP contribution in [0.1, 0.15) is 19.3 Å². The van der Waals surface area contributed by atoms with E-state index in [0.717, 1.165) is 12.7 Å². The molecule has 1 aromatic rings. The van der Waals surface area contributed by atoms with E-state index in [9.17, 15) is 18.0 Å². The van der Waals surface area contributed by atoms with Gasteiger partial charge in [-0.3, -0.25) is 9.59 Å². The molecular weight excluding hydrogens is 294 g/mol. The molecule has 0 spiro atoms. The second-order valence-corrected chi connectivity index (χ2v) is 7.28. The number of anilines is 1. The molecule has 6 nitrogen and oxygen atoms in total. The highest BCUT2D eigenvalue weighted by Gasteiger charge is 2.37. The van der Waals surface area contributed by atoms with Crippen molar-refractivity contribution in [2.75, 3.05) is 11.6 Å². The maximum atomic E-state index is 12.1. The molecule has 0 bridgehead atoms. The summed E-state index contributed by atoms with van der Waals surface area (Å²) in [5.41, 5.74) is 0.462. The van der Waals surface area contributed by atoms with Crippen LogP contribution in [0.15, 0.2) is 29.2 Å². The van der Waals surface area contributed by atoms with E-state index >= 15 is 0 Å². The molecule has 21 heavy (non-hydrogen) atoms. The maximum Gasteiger partial charge on any atom is 0.307 e. The van der Waals surface area contributed by atoms with Crippen molar-refractivity contribution in [1.29, 1.82) is 0 Å². The number of carbonyl (C=O) groups excluding carboxylic acids is 1. The van der Waals surface area contributed by atoms with Crippen molar-refractivity contribution >= 4 is 27.4 Å². The van der Waals surface area contributed by atoms with Crippen LogP contribution < -0.4 is 5.32 Å². The number of nitrogens with one attached hydrogen (secondary N) is 1. The second kappa shape index (κ2) is 5.85.